The zero-order valence-electron chi connectivity index (χ0n) is 6.18. The van der Waals surface area contributed by atoms with Crippen molar-refractivity contribution in [2.45, 2.75) is 0 Å². The van der Waals surface area contributed by atoms with Gasteiger partial charge in [0.2, 0.25) is 0 Å². The Morgan fingerprint density at radius 1 is 1.58 bits per heavy atom. The van der Waals surface area contributed by atoms with Crippen LogP contribution in [-0.4, -0.2) is 5.78 Å². The molecule has 0 fully saturated rings. The SMILES string of the molecule is C=CC(=O)c1c(F)cccc1I. The summed E-state index contributed by atoms with van der Waals surface area (Å²) in [4.78, 5) is 11.1. The monoisotopic (exact) mass is 276 g/mol. The highest BCUT2D eigenvalue weighted by atomic mass is 127. The molecule has 12 heavy (non-hydrogen) atoms. The Morgan fingerprint density at radius 2 is 2.25 bits per heavy atom. The van der Waals surface area contributed by atoms with E-state index in [1.54, 1.807) is 12.1 Å². The summed E-state index contributed by atoms with van der Waals surface area (Å²) in [5.74, 6) is -0.871. The van der Waals surface area contributed by atoms with E-state index >= 15 is 0 Å². The normalized spacial score (nSPS) is 9.50. The molecule has 0 aromatic heterocycles. The highest BCUT2D eigenvalue weighted by molar-refractivity contribution is 14.1. The molecular weight excluding hydrogens is 270 g/mol. The lowest BCUT2D eigenvalue weighted by Crippen LogP contribution is -2.00. The third-order valence-electron chi connectivity index (χ3n) is 1.39. The van der Waals surface area contributed by atoms with Crippen LogP contribution in [0, 0.1) is 9.39 Å². The van der Waals surface area contributed by atoms with E-state index in [2.05, 4.69) is 6.58 Å². The number of carbonyl (C=O) groups is 1. The van der Waals surface area contributed by atoms with Gasteiger partial charge in [-0.1, -0.05) is 12.6 Å². The molecule has 1 aromatic carbocycles. The third kappa shape index (κ3) is 1.72. The highest BCUT2D eigenvalue weighted by Crippen LogP contribution is 2.16. The maximum Gasteiger partial charge on any atom is 0.189 e. The molecule has 0 aliphatic rings. The third-order valence-corrected chi connectivity index (χ3v) is 2.29. The minimum Gasteiger partial charge on any atom is -0.289 e. The van der Waals surface area contributed by atoms with E-state index in [1.807, 2.05) is 22.6 Å². The number of benzene rings is 1. The Bertz CT molecular complexity index is 313. The van der Waals surface area contributed by atoms with Gasteiger partial charge in [0.05, 0.1) is 5.56 Å². The van der Waals surface area contributed by atoms with Crippen LogP contribution in [0.15, 0.2) is 30.9 Å². The van der Waals surface area contributed by atoms with E-state index in [0.29, 0.717) is 3.57 Å². The summed E-state index contributed by atoms with van der Waals surface area (Å²) in [6.07, 6.45) is 1.11. The largest absolute Gasteiger partial charge is 0.289 e. The van der Waals surface area contributed by atoms with Crippen molar-refractivity contribution in [2.75, 3.05) is 0 Å². The van der Waals surface area contributed by atoms with Crippen LogP contribution in [0.3, 0.4) is 0 Å². The lowest BCUT2D eigenvalue weighted by atomic mass is 10.1. The van der Waals surface area contributed by atoms with Crippen molar-refractivity contribution < 1.29 is 9.18 Å². The van der Waals surface area contributed by atoms with Crippen LogP contribution in [0.1, 0.15) is 10.4 Å². The molecule has 1 nitrogen and oxygen atoms in total. The van der Waals surface area contributed by atoms with E-state index in [4.69, 9.17) is 0 Å². The topological polar surface area (TPSA) is 17.1 Å². The summed E-state index contributed by atoms with van der Waals surface area (Å²) in [6, 6.07) is 4.51. The molecule has 0 amide bonds. The molecule has 1 rings (SSSR count). The van der Waals surface area contributed by atoms with Gasteiger partial charge in [-0.2, -0.15) is 0 Å². The van der Waals surface area contributed by atoms with Gasteiger partial charge in [-0.15, -0.1) is 0 Å². The van der Waals surface area contributed by atoms with Gasteiger partial charge in [-0.3, -0.25) is 4.79 Å². The fourth-order valence-corrected chi connectivity index (χ4v) is 1.57. The standard InChI is InChI=1S/C9H6FIO/c1-2-8(12)9-6(10)4-3-5-7(9)11/h2-5H,1H2. The first-order valence-electron chi connectivity index (χ1n) is 3.27. The van der Waals surface area contributed by atoms with Gasteiger partial charge in [0.1, 0.15) is 5.82 Å². The Kier molecular flexibility index (Phi) is 2.97. The number of allylic oxidation sites excluding steroid dienone is 1. The summed E-state index contributed by atoms with van der Waals surface area (Å²) < 4.78 is 13.6. The van der Waals surface area contributed by atoms with Crippen molar-refractivity contribution in [1.29, 1.82) is 0 Å². The molecule has 0 saturated heterocycles. The Labute approximate surface area is 83.4 Å². The molecule has 0 N–H and O–H groups in total. The van der Waals surface area contributed by atoms with Crippen LogP contribution < -0.4 is 0 Å². The Balaban J connectivity index is 3.30. The molecule has 3 heteroatoms. The second kappa shape index (κ2) is 3.80. The van der Waals surface area contributed by atoms with Gasteiger partial charge >= 0.3 is 0 Å². The second-order valence-electron chi connectivity index (χ2n) is 2.17. The van der Waals surface area contributed by atoms with Crippen molar-refractivity contribution in [1.82, 2.24) is 0 Å². The number of hydrogen-bond donors (Lipinski definition) is 0. The van der Waals surface area contributed by atoms with Crippen molar-refractivity contribution in [3.63, 3.8) is 0 Å². The smallest absolute Gasteiger partial charge is 0.189 e. The minimum absolute atomic E-state index is 0.105. The molecule has 0 aliphatic heterocycles. The summed E-state index contributed by atoms with van der Waals surface area (Å²) >= 11 is 1.92. The summed E-state index contributed by atoms with van der Waals surface area (Å²) in [6.45, 7) is 3.30. The lowest BCUT2D eigenvalue weighted by molar-refractivity contribution is 0.104. The van der Waals surface area contributed by atoms with Crippen molar-refractivity contribution in [3.8, 4) is 0 Å². The number of ketones is 1. The van der Waals surface area contributed by atoms with Crippen LogP contribution >= 0.6 is 22.6 Å². The average molecular weight is 276 g/mol. The van der Waals surface area contributed by atoms with Crippen molar-refractivity contribution >= 4 is 28.4 Å². The fraction of sp³-hybridized carbons (Fsp3) is 0. The first kappa shape index (κ1) is 9.38. The summed E-state index contributed by atoms with van der Waals surface area (Å²) in [5.41, 5.74) is 0.105. The molecule has 0 saturated carbocycles. The molecular formula is C9H6FIO. The molecule has 0 spiro atoms. The zero-order chi connectivity index (χ0) is 9.14. The Hall–Kier alpha value is -0.710. The predicted molar refractivity (Wildman–Crippen MR) is 53.6 cm³/mol. The van der Waals surface area contributed by atoms with E-state index in [9.17, 15) is 9.18 Å². The van der Waals surface area contributed by atoms with Crippen LogP contribution in [0.5, 0.6) is 0 Å². The van der Waals surface area contributed by atoms with Gasteiger partial charge in [0, 0.05) is 3.57 Å². The summed E-state index contributed by atoms with van der Waals surface area (Å²) in [7, 11) is 0. The fourth-order valence-electron chi connectivity index (χ4n) is 0.835. The molecule has 0 unspecified atom stereocenters. The van der Waals surface area contributed by atoms with E-state index in [0.717, 1.165) is 6.08 Å². The molecule has 62 valence electrons. The molecule has 0 atom stereocenters. The Morgan fingerprint density at radius 3 is 2.75 bits per heavy atom. The van der Waals surface area contributed by atoms with Crippen LogP contribution in [0.25, 0.3) is 0 Å². The predicted octanol–water partition coefficient (Wildman–Crippen LogP) is 2.80. The van der Waals surface area contributed by atoms with E-state index in [1.165, 1.54) is 6.07 Å². The van der Waals surface area contributed by atoms with Gasteiger partial charge in [-0.05, 0) is 40.8 Å². The number of hydrogen-bond acceptors (Lipinski definition) is 1. The number of rotatable bonds is 2. The maximum atomic E-state index is 13.0. The summed E-state index contributed by atoms with van der Waals surface area (Å²) in [5, 5.41) is 0. The molecule has 0 aliphatic carbocycles. The van der Waals surface area contributed by atoms with E-state index in [-0.39, 0.29) is 11.3 Å². The minimum atomic E-state index is -0.494. The van der Waals surface area contributed by atoms with Crippen molar-refractivity contribution in [2.24, 2.45) is 0 Å². The van der Waals surface area contributed by atoms with Gasteiger partial charge < -0.3 is 0 Å². The van der Waals surface area contributed by atoms with Gasteiger partial charge in [0.25, 0.3) is 0 Å². The molecule has 0 heterocycles. The number of halogens is 2. The first-order valence-corrected chi connectivity index (χ1v) is 4.35. The molecule has 0 bridgehead atoms. The quantitative estimate of drug-likeness (QED) is 0.461. The van der Waals surface area contributed by atoms with Gasteiger partial charge in [0.15, 0.2) is 5.78 Å². The number of carbonyl (C=O) groups excluding carboxylic acids is 1. The molecule has 0 radical (unpaired) electrons. The van der Waals surface area contributed by atoms with Crippen LogP contribution in [0.4, 0.5) is 4.39 Å². The van der Waals surface area contributed by atoms with Crippen LogP contribution in [-0.2, 0) is 0 Å². The lowest BCUT2D eigenvalue weighted by Gasteiger charge is -2.00. The molecule has 1 aromatic rings. The average Bonchev–Trinajstić information content (AvgIpc) is 2.03. The highest BCUT2D eigenvalue weighted by Gasteiger charge is 2.11. The second-order valence-corrected chi connectivity index (χ2v) is 3.33. The van der Waals surface area contributed by atoms with E-state index < -0.39 is 5.82 Å². The van der Waals surface area contributed by atoms with Crippen LogP contribution in [0.2, 0.25) is 0 Å². The van der Waals surface area contributed by atoms with Crippen molar-refractivity contribution in [3.05, 3.63) is 45.8 Å². The van der Waals surface area contributed by atoms with Gasteiger partial charge in [-0.25, -0.2) is 4.39 Å². The first-order chi connectivity index (χ1) is 5.66. The maximum absolute atomic E-state index is 13.0. The zero-order valence-corrected chi connectivity index (χ0v) is 8.34.